The van der Waals surface area contributed by atoms with Crippen LogP contribution in [0.15, 0.2) is 56.0 Å². The zero-order chi connectivity index (χ0) is 13.9. The van der Waals surface area contributed by atoms with Crippen LogP contribution in [0, 0.1) is 6.92 Å². The minimum atomic E-state index is 0.359. The van der Waals surface area contributed by atoms with E-state index in [1.807, 2.05) is 37.3 Å². The van der Waals surface area contributed by atoms with Crippen molar-refractivity contribution in [1.29, 1.82) is 0 Å². The minimum Gasteiger partial charge on any atom is -0.487 e. The van der Waals surface area contributed by atoms with Crippen molar-refractivity contribution in [2.75, 3.05) is 0 Å². The molecule has 0 unspecified atom stereocenters. The van der Waals surface area contributed by atoms with Crippen LogP contribution in [-0.2, 0) is 6.61 Å². The SMILES string of the molecule is Cc1oc(-c2ccco2)nc1COc1ccc(Br)cc1. The topological polar surface area (TPSA) is 48.4 Å². The molecule has 2 heterocycles. The van der Waals surface area contributed by atoms with Crippen LogP contribution in [0.2, 0.25) is 0 Å². The fraction of sp³-hybridized carbons (Fsp3) is 0.133. The summed E-state index contributed by atoms with van der Waals surface area (Å²) in [5, 5.41) is 0. The fourth-order valence-electron chi connectivity index (χ4n) is 1.75. The monoisotopic (exact) mass is 333 g/mol. The van der Waals surface area contributed by atoms with Gasteiger partial charge in [0.15, 0.2) is 5.76 Å². The molecule has 3 rings (SSSR count). The summed E-state index contributed by atoms with van der Waals surface area (Å²) in [7, 11) is 0. The summed E-state index contributed by atoms with van der Waals surface area (Å²) in [5.41, 5.74) is 0.763. The first-order valence-electron chi connectivity index (χ1n) is 6.11. The van der Waals surface area contributed by atoms with Crippen LogP contribution in [0.25, 0.3) is 11.7 Å². The summed E-state index contributed by atoms with van der Waals surface area (Å²) in [6, 6.07) is 11.3. The third-order valence-corrected chi connectivity index (χ3v) is 3.34. The Labute approximate surface area is 124 Å². The van der Waals surface area contributed by atoms with E-state index in [0.29, 0.717) is 18.3 Å². The number of hydrogen-bond donors (Lipinski definition) is 0. The normalized spacial score (nSPS) is 10.7. The summed E-state index contributed by atoms with van der Waals surface area (Å²) in [5.74, 6) is 2.61. The molecule has 20 heavy (non-hydrogen) atoms. The second-order valence-corrected chi connectivity index (χ2v) is 5.16. The molecule has 102 valence electrons. The van der Waals surface area contributed by atoms with Crippen molar-refractivity contribution in [2.24, 2.45) is 0 Å². The Hall–Kier alpha value is -2.01. The quantitative estimate of drug-likeness (QED) is 0.700. The summed E-state index contributed by atoms with van der Waals surface area (Å²) < 4.78 is 17.5. The Morgan fingerprint density at radius 2 is 2.00 bits per heavy atom. The molecular weight excluding hydrogens is 322 g/mol. The van der Waals surface area contributed by atoms with Crippen molar-refractivity contribution < 1.29 is 13.6 Å². The zero-order valence-electron chi connectivity index (χ0n) is 10.8. The van der Waals surface area contributed by atoms with Crippen molar-refractivity contribution in [2.45, 2.75) is 13.5 Å². The maximum absolute atomic E-state index is 5.68. The summed E-state index contributed by atoms with van der Waals surface area (Å²) in [6.07, 6.45) is 1.59. The van der Waals surface area contributed by atoms with Gasteiger partial charge in [0.05, 0.1) is 6.26 Å². The van der Waals surface area contributed by atoms with E-state index in [-0.39, 0.29) is 0 Å². The lowest BCUT2D eigenvalue weighted by Crippen LogP contribution is -1.97. The van der Waals surface area contributed by atoms with E-state index in [4.69, 9.17) is 13.6 Å². The number of halogens is 1. The number of aromatic nitrogens is 1. The maximum atomic E-state index is 5.68. The van der Waals surface area contributed by atoms with E-state index in [0.717, 1.165) is 21.7 Å². The molecule has 0 atom stereocenters. The second-order valence-electron chi connectivity index (χ2n) is 4.24. The van der Waals surface area contributed by atoms with Gasteiger partial charge in [0.2, 0.25) is 0 Å². The predicted octanol–water partition coefficient (Wildman–Crippen LogP) is 4.58. The van der Waals surface area contributed by atoms with Gasteiger partial charge in [0, 0.05) is 4.47 Å². The molecule has 0 saturated heterocycles. The highest BCUT2D eigenvalue weighted by Gasteiger charge is 2.13. The van der Waals surface area contributed by atoms with Gasteiger partial charge in [-0.05, 0) is 43.3 Å². The first-order valence-corrected chi connectivity index (χ1v) is 6.90. The van der Waals surface area contributed by atoms with Crippen LogP contribution in [0.3, 0.4) is 0 Å². The largest absolute Gasteiger partial charge is 0.487 e. The molecule has 0 amide bonds. The minimum absolute atomic E-state index is 0.359. The van der Waals surface area contributed by atoms with Crippen molar-refractivity contribution in [1.82, 2.24) is 4.98 Å². The molecule has 5 heteroatoms. The summed E-state index contributed by atoms with van der Waals surface area (Å²) in [6.45, 7) is 2.22. The molecule has 0 saturated carbocycles. The number of ether oxygens (including phenoxy) is 1. The molecule has 4 nitrogen and oxygen atoms in total. The molecule has 1 aromatic carbocycles. The van der Waals surface area contributed by atoms with E-state index in [2.05, 4.69) is 20.9 Å². The first-order chi connectivity index (χ1) is 9.72. The van der Waals surface area contributed by atoms with Crippen molar-refractivity contribution in [3.63, 3.8) is 0 Å². The first kappa shape index (κ1) is 13.0. The Morgan fingerprint density at radius 3 is 2.70 bits per heavy atom. The molecule has 0 N–H and O–H groups in total. The molecule has 0 fully saturated rings. The molecule has 2 aromatic heterocycles. The molecule has 0 radical (unpaired) electrons. The van der Waals surface area contributed by atoms with Crippen molar-refractivity contribution in [3.05, 3.63) is 58.6 Å². The Morgan fingerprint density at radius 1 is 1.20 bits per heavy atom. The van der Waals surface area contributed by atoms with Gasteiger partial charge in [0.25, 0.3) is 5.89 Å². The lowest BCUT2D eigenvalue weighted by molar-refractivity contribution is 0.299. The molecule has 0 aliphatic heterocycles. The van der Waals surface area contributed by atoms with Gasteiger partial charge in [-0.25, -0.2) is 4.98 Å². The van der Waals surface area contributed by atoms with E-state index in [1.165, 1.54) is 0 Å². The van der Waals surface area contributed by atoms with Crippen LogP contribution in [-0.4, -0.2) is 4.98 Å². The number of rotatable bonds is 4. The summed E-state index contributed by atoms with van der Waals surface area (Å²) >= 11 is 3.39. The van der Waals surface area contributed by atoms with E-state index in [1.54, 1.807) is 12.3 Å². The van der Waals surface area contributed by atoms with Gasteiger partial charge in [-0.1, -0.05) is 15.9 Å². The number of hydrogen-bond acceptors (Lipinski definition) is 4. The highest BCUT2D eigenvalue weighted by Crippen LogP contribution is 2.23. The van der Waals surface area contributed by atoms with Gasteiger partial charge >= 0.3 is 0 Å². The van der Waals surface area contributed by atoms with Gasteiger partial charge in [-0.2, -0.15) is 0 Å². The highest BCUT2D eigenvalue weighted by atomic mass is 79.9. The van der Waals surface area contributed by atoms with E-state index >= 15 is 0 Å². The van der Waals surface area contributed by atoms with Crippen LogP contribution < -0.4 is 4.74 Å². The average molecular weight is 334 g/mol. The van der Waals surface area contributed by atoms with Crippen LogP contribution >= 0.6 is 15.9 Å². The molecule has 0 aliphatic carbocycles. The third-order valence-electron chi connectivity index (χ3n) is 2.81. The van der Waals surface area contributed by atoms with Crippen molar-refractivity contribution >= 4 is 15.9 Å². The number of aryl methyl sites for hydroxylation is 1. The highest BCUT2D eigenvalue weighted by molar-refractivity contribution is 9.10. The zero-order valence-corrected chi connectivity index (χ0v) is 12.4. The van der Waals surface area contributed by atoms with Crippen LogP contribution in [0.1, 0.15) is 11.5 Å². The smallest absolute Gasteiger partial charge is 0.263 e. The lowest BCUT2D eigenvalue weighted by atomic mass is 10.3. The van der Waals surface area contributed by atoms with Gasteiger partial charge in [-0.15, -0.1) is 0 Å². The number of nitrogens with zero attached hydrogens (tertiary/aromatic N) is 1. The molecule has 0 spiro atoms. The fourth-order valence-corrected chi connectivity index (χ4v) is 2.01. The van der Waals surface area contributed by atoms with Gasteiger partial charge < -0.3 is 13.6 Å². The third kappa shape index (κ3) is 2.77. The molecular formula is C15H12BrNO3. The Kier molecular flexibility index (Phi) is 3.60. The predicted molar refractivity (Wildman–Crippen MR) is 77.4 cm³/mol. The summed E-state index contributed by atoms with van der Waals surface area (Å²) in [4.78, 5) is 4.39. The molecule has 0 aliphatic rings. The number of benzene rings is 1. The number of oxazole rings is 1. The van der Waals surface area contributed by atoms with E-state index < -0.39 is 0 Å². The van der Waals surface area contributed by atoms with Crippen LogP contribution in [0.4, 0.5) is 0 Å². The van der Waals surface area contributed by atoms with E-state index in [9.17, 15) is 0 Å². The van der Waals surface area contributed by atoms with Crippen LogP contribution in [0.5, 0.6) is 5.75 Å². The molecule has 3 aromatic rings. The standard InChI is InChI=1S/C15H12BrNO3/c1-10-13(9-19-12-6-4-11(16)5-7-12)17-15(20-10)14-3-2-8-18-14/h2-8H,9H2,1H3. The lowest BCUT2D eigenvalue weighted by Gasteiger charge is -2.04. The van der Waals surface area contributed by atoms with Gasteiger partial charge in [0.1, 0.15) is 23.8 Å². The Balaban J connectivity index is 1.73. The second kappa shape index (κ2) is 5.54. The maximum Gasteiger partial charge on any atom is 0.263 e. The van der Waals surface area contributed by atoms with Gasteiger partial charge in [-0.3, -0.25) is 0 Å². The average Bonchev–Trinajstić information content (AvgIpc) is 3.08. The van der Waals surface area contributed by atoms with Crippen molar-refractivity contribution in [3.8, 4) is 17.4 Å². The molecule has 0 bridgehead atoms. The Bertz CT molecular complexity index is 686. The number of furan rings is 1.